The molecule has 0 spiro atoms. The van der Waals surface area contributed by atoms with Crippen LogP contribution in [0.3, 0.4) is 0 Å². The molecule has 2 aromatic rings. The first kappa shape index (κ1) is 29.2. The molecule has 1 N–H and O–H groups in total. The Kier molecular flexibility index (Phi) is 8.59. The first-order valence-corrected chi connectivity index (χ1v) is 14.1. The van der Waals surface area contributed by atoms with E-state index in [0.29, 0.717) is 37.8 Å². The molecule has 1 saturated heterocycles. The van der Waals surface area contributed by atoms with Crippen molar-refractivity contribution in [1.29, 1.82) is 0 Å². The van der Waals surface area contributed by atoms with Crippen LogP contribution in [0.5, 0.6) is 0 Å². The summed E-state index contributed by atoms with van der Waals surface area (Å²) in [6.07, 6.45) is 5.28. The Morgan fingerprint density at radius 1 is 0.875 bits per heavy atom. The second-order valence-corrected chi connectivity index (χ2v) is 10.5. The Labute approximate surface area is 236 Å². The van der Waals surface area contributed by atoms with Crippen molar-refractivity contribution in [2.75, 3.05) is 16.8 Å². The molecule has 8 nitrogen and oxygen atoms in total. The molecule has 2 unspecified atom stereocenters. The number of nitrogens with zero attached hydrogens (tertiary/aromatic N) is 3. The van der Waals surface area contributed by atoms with Crippen molar-refractivity contribution >= 4 is 35.0 Å². The van der Waals surface area contributed by atoms with Crippen LogP contribution in [-0.2, 0) is 51.3 Å². The number of aliphatic hydroxyl groups is 1. The standard InChI is InChI=1S/C32H39N3O5/c1-7-22-14-20(15-23(8-2)30(22)34-27(37)11-12-28(34)38)13-21-16-24(9-3)31(25(10-4)17-21)35-29(39)18-26(32(35)40)33(6)19(5)36/h11-12,14-17,26-27,37H,7-10,13,18H2,1-6H3. The molecule has 8 heteroatoms. The van der Waals surface area contributed by atoms with Gasteiger partial charge in [0.1, 0.15) is 6.04 Å². The predicted molar refractivity (Wildman–Crippen MR) is 155 cm³/mol. The predicted octanol–water partition coefficient (Wildman–Crippen LogP) is 3.86. The summed E-state index contributed by atoms with van der Waals surface area (Å²) >= 11 is 0. The molecular formula is C32H39N3O5. The summed E-state index contributed by atoms with van der Waals surface area (Å²) in [4.78, 5) is 55.0. The molecular weight excluding hydrogens is 506 g/mol. The molecule has 2 aliphatic heterocycles. The van der Waals surface area contributed by atoms with Gasteiger partial charge in [-0.3, -0.25) is 24.1 Å². The summed E-state index contributed by atoms with van der Waals surface area (Å²) < 4.78 is 0. The largest absolute Gasteiger partial charge is 0.369 e. The Hall–Kier alpha value is -3.78. The number of imide groups is 1. The fourth-order valence-corrected chi connectivity index (χ4v) is 5.86. The maximum Gasteiger partial charge on any atom is 0.257 e. The summed E-state index contributed by atoms with van der Waals surface area (Å²) in [5.41, 5.74) is 7.45. The Morgan fingerprint density at radius 2 is 1.35 bits per heavy atom. The first-order chi connectivity index (χ1) is 19.1. The number of hydrogen-bond acceptors (Lipinski definition) is 5. The third-order valence-corrected chi connectivity index (χ3v) is 8.05. The Morgan fingerprint density at radius 3 is 1.75 bits per heavy atom. The molecule has 0 radical (unpaired) electrons. The Balaban J connectivity index is 1.72. The molecule has 1 fully saturated rings. The number of hydrogen-bond donors (Lipinski definition) is 1. The third kappa shape index (κ3) is 5.20. The lowest BCUT2D eigenvalue weighted by Crippen LogP contribution is -2.42. The highest BCUT2D eigenvalue weighted by molar-refractivity contribution is 6.23. The van der Waals surface area contributed by atoms with E-state index in [1.54, 1.807) is 7.05 Å². The summed E-state index contributed by atoms with van der Waals surface area (Å²) in [6.45, 7) is 9.51. The maximum atomic E-state index is 13.4. The van der Waals surface area contributed by atoms with E-state index in [4.69, 9.17) is 0 Å². The molecule has 212 valence electrons. The van der Waals surface area contributed by atoms with E-state index >= 15 is 0 Å². The minimum Gasteiger partial charge on any atom is -0.369 e. The van der Waals surface area contributed by atoms with E-state index in [2.05, 4.69) is 24.3 Å². The van der Waals surface area contributed by atoms with Crippen molar-refractivity contribution < 1.29 is 24.3 Å². The zero-order valence-electron chi connectivity index (χ0n) is 24.3. The van der Waals surface area contributed by atoms with Gasteiger partial charge in [-0.25, -0.2) is 4.90 Å². The first-order valence-electron chi connectivity index (χ1n) is 14.1. The second kappa shape index (κ2) is 11.8. The lowest BCUT2D eigenvalue weighted by atomic mass is 9.92. The fourth-order valence-electron chi connectivity index (χ4n) is 5.86. The highest BCUT2D eigenvalue weighted by Gasteiger charge is 2.43. The van der Waals surface area contributed by atoms with Crippen molar-refractivity contribution in [2.45, 2.75) is 85.4 Å². The van der Waals surface area contributed by atoms with E-state index in [0.717, 1.165) is 39.1 Å². The Bertz CT molecular complexity index is 1340. The summed E-state index contributed by atoms with van der Waals surface area (Å²) in [5.74, 6) is -1.12. The van der Waals surface area contributed by atoms with Crippen LogP contribution < -0.4 is 9.80 Å². The lowest BCUT2D eigenvalue weighted by Gasteiger charge is -2.27. The molecule has 0 saturated carbocycles. The quantitative estimate of drug-likeness (QED) is 0.483. The van der Waals surface area contributed by atoms with Crippen molar-refractivity contribution in [3.8, 4) is 0 Å². The fraction of sp³-hybridized carbons (Fsp3) is 0.438. The minimum absolute atomic E-state index is 0.0152. The van der Waals surface area contributed by atoms with Gasteiger partial charge >= 0.3 is 0 Å². The topological polar surface area (TPSA) is 98.2 Å². The molecule has 4 amide bonds. The molecule has 2 heterocycles. The number of benzene rings is 2. The van der Waals surface area contributed by atoms with Gasteiger partial charge in [0.05, 0.1) is 17.8 Å². The van der Waals surface area contributed by atoms with Crippen LogP contribution in [0.15, 0.2) is 36.4 Å². The van der Waals surface area contributed by atoms with Crippen LogP contribution in [0.1, 0.15) is 74.4 Å². The average molecular weight is 546 g/mol. The van der Waals surface area contributed by atoms with Crippen LogP contribution in [0, 0.1) is 0 Å². The van der Waals surface area contributed by atoms with Crippen molar-refractivity contribution in [1.82, 2.24) is 4.90 Å². The smallest absolute Gasteiger partial charge is 0.257 e. The number of aryl methyl sites for hydroxylation is 4. The molecule has 2 aromatic carbocycles. The SMILES string of the molecule is CCc1cc(Cc2cc(CC)c(N3C(=O)C=CC3O)c(CC)c2)cc(CC)c1N1C(=O)CC(N(C)C(C)=O)C1=O. The molecule has 40 heavy (non-hydrogen) atoms. The number of rotatable bonds is 9. The highest BCUT2D eigenvalue weighted by Crippen LogP contribution is 2.36. The lowest BCUT2D eigenvalue weighted by molar-refractivity contribution is -0.134. The van der Waals surface area contributed by atoms with Crippen molar-refractivity contribution in [2.24, 2.45) is 0 Å². The van der Waals surface area contributed by atoms with Crippen LogP contribution in [-0.4, -0.2) is 53.0 Å². The number of carbonyl (C=O) groups excluding carboxylic acids is 4. The molecule has 0 bridgehead atoms. The third-order valence-electron chi connectivity index (χ3n) is 8.05. The minimum atomic E-state index is -0.966. The van der Waals surface area contributed by atoms with E-state index in [9.17, 15) is 24.3 Å². The van der Waals surface area contributed by atoms with Gasteiger partial charge in [0.2, 0.25) is 11.8 Å². The second-order valence-electron chi connectivity index (χ2n) is 10.5. The highest BCUT2D eigenvalue weighted by atomic mass is 16.3. The van der Waals surface area contributed by atoms with Crippen LogP contribution in [0.2, 0.25) is 0 Å². The van der Waals surface area contributed by atoms with Gasteiger partial charge in [0.15, 0.2) is 6.23 Å². The molecule has 0 aliphatic carbocycles. The normalized spacial score (nSPS) is 18.8. The van der Waals surface area contributed by atoms with E-state index in [-0.39, 0.29) is 30.0 Å². The van der Waals surface area contributed by atoms with Gasteiger partial charge in [-0.1, -0.05) is 52.0 Å². The van der Waals surface area contributed by atoms with Crippen molar-refractivity contribution in [3.05, 3.63) is 69.8 Å². The van der Waals surface area contributed by atoms with Gasteiger partial charge in [0, 0.05) is 20.0 Å². The molecule has 0 aromatic heterocycles. The van der Waals surface area contributed by atoms with Gasteiger partial charge in [0.25, 0.3) is 11.8 Å². The number of aliphatic hydroxyl groups excluding tert-OH is 1. The van der Waals surface area contributed by atoms with E-state index < -0.39 is 12.3 Å². The van der Waals surface area contributed by atoms with Crippen molar-refractivity contribution in [3.63, 3.8) is 0 Å². The number of anilines is 2. The zero-order chi connectivity index (χ0) is 29.3. The maximum absolute atomic E-state index is 13.4. The molecule has 4 rings (SSSR count). The molecule has 2 atom stereocenters. The number of carbonyl (C=O) groups is 4. The van der Waals surface area contributed by atoms with Gasteiger partial charge in [-0.05, 0) is 71.6 Å². The monoisotopic (exact) mass is 545 g/mol. The van der Waals surface area contributed by atoms with Crippen LogP contribution in [0.25, 0.3) is 0 Å². The summed E-state index contributed by atoms with van der Waals surface area (Å²) in [5, 5.41) is 10.4. The van der Waals surface area contributed by atoms with Crippen LogP contribution in [0.4, 0.5) is 11.4 Å². The summed E-state index contributed by atoms with van der Waals surface area (Å²) in [6, 6.07) is 7.56. The van der Waals surface area contributed by atoms with Gasteiger partial charge in [-0.2, -0.15) is 0 Å². The van der Waals surface area contributed by atoms with Crippen LogP contribution >= 0.6 is 0 Å². The van der Waals surface area contributed by atoms with Gasteiger partial charge < -0.3 is 10.0 Å². The zero-order valence-corrected chi connectivity index (χ0v) is 24.3. The average Bonchev–Trinajstić information content (AvgIpc) is 3.42. The van der Waals surface area contributed by atoms with E-state index in [1.807, 2.05) is 27.7 Å². The molecule has 2 aliphatic rings. The number of amides is 4. The van der Waals surface area contributed by atoms with Gasteiger partial charge in [-0.15, -0.1) is 0 Å². The summed E-state index contributed by atoms with van der Waals surface area (Å²) in [7, 11) is 1.56. The number of likely N-dealkylation sites (N-methyl/N-ethyl adjacent to an activating group) is 1. The van der Waals surface area contributed by atoms with E-state index in [1.165, 1.54) is 33.8 Å².